The van der Waals surface area contributed by atoms with Crippen LogP contribution in [0.5, 0.6) is 0 Å². The third kappa shape index (κ3) is 2.33. The lowest BCUT2D eigenvalue weighted by Gasteiger charge is -2.61. The largest absolute Gasteiger partial charge is 0.294 e. The maximum absolute atomic E-state index is 13.1. The van der Waals surface area contributed by atoms with Crippen LogP contribution in [-0.2, 0) is 10.2 Å². The van der Waals surface area contributed by atoms with Gasteiger partial charge in [-0.25, -0.2) is 0 Å². The van der Waals surface area contributed by atoms with Crippen molar-refractivity contribution in [2.75, 3.05) is 10.7 Å². The topological polar surface area (TPSA) is 20.3 Å². The number of anilines is 1. The highest BCUT2D eigenvalue weighted by molar-refractivity contribution is 8.02. The standard InChI is InChI=1S/C24H20ClNOS/c25-20-13-7-8-14-21(20)26-22(27)15-16-24(26)23(17-28-24,18-9-3-1-4-10-18)19-11-5-2-6-12-19/h1-14H,15-17H2. The molecule has 28 heavy (non-hydrogen) atoms. The summed E-state index contributed by atoms with van der Waals surface area (Å²) in [7, 11) is 0. The molecule has 140 valence electrons. The van der Waals surface area contributed by atoms with Gasteiger partial charge in [0.2, 0.25) is 5.91 Å². The van der Waals surface area contributed by atoms with Crippen LogP contribution in [0.4, 0.5) is 5.69 Å². The van der Waals surface area contributed by atoms with Gasteiger partial charge in [-0.3, -0.25) is 9.69 Å². The van der Waals surface area contributed by atoms with Crippen LogP contribution in [0.2, 0.25) is 5.02 Å². The van der Waals surface area contributed by atoms with E-state index in [1.54, 1.807) is 0 Å². The molecule has 1 atom stereocenters. The van der Waals surface area contributed by atoms with Crippen LogP contribution >= 0.6 is 23.4 Å². The summed E-state index contributed by atoms with van der Waals surface area (Å²) < 4.78 is 0. The maximum Gasteiger partial charge on any atom is 0.228 e. The van der Waals surface area contributed by atoms with Gasteiger partial charge in [0.15, 0.2) is 0 Å². The van der Waals surface area contributed by atoms with E-state index in [-0.39, 0.29) is 16.2 Å². The van der Waals surface area contributed by atoms with Gasteiger partial charge in [-0.05, 0) is 29.7 Å². The Morgan fingerprint density at radius 3 is 1.93 bits per heavy atom. The van der Waals surface area contributed by atoms with Gasteiger partial charge in [-0.15, -0.1) is 11.8 Å². The molecule has 1 amide bonds. The highest BCUT2D eigenvalue weighted by Gasteiger charge is 2.68. The fourth-order valence-electron chi connectivity index (χ4n) is 4.82. The Labute approximate surface area is 174 Å². The van der Waals surface area contributed by atoms with Crippen LogP contribution in [0.1, 0.15) is 24.0 Å². The predicted molar refractivity (Wildman–Crippen MR) is 117 cm³/mol. The molecule has 5 rings (SSSR count). The Kier molecular flexibility index (Phi) is 4.26. The lowest BCUT2D eigenvalue weighted by atomic mass is 9.68. The fraction of sp³-hybridized carbons (Fsp3) is 0.208. The van der Waals surface area contributed by atoms with Gasteiger partial charge >= 0.3 is 0 Å². The van der Waals surface area contributed by atoms with E-state index in [9.17, 15) is 4.79 Å². The van der Waals surface area contributed by atoms with Gasteiger partial charge in [0.25, 0.3) is 0 Å². The molecule has 2 heterocycles. The minimum atomic E-state index is -0.363. The number of carbonyl (C=O) groups is 1. The first-order valence-electron chi connectivity index (χ1n) is 9.52. The normalized spacial score (nSPS) is 23.0. The molecule has 3 aromatic rings. The van der Waals surface area contributed by atoms with E-state index in [1.807, 2.05) is 53.1 Å². The SMILES string of the molecule is O=C1CCC2(SCC2(c2ccccc2)c2ccccc2)N1c1ccccc1Cl. The van der Waals surface area contributed by atoms with E-state index >= 15 is 0 Å². The molecule has 1 spiro atoms. The molecule has 3 aromatic carbocycles. The summed E-state index contributed by atoms with van der Waals surface area (Å²) in [5.74, 6) is 1.09. The second-order valence-corrected chi connectivity index (χ2v) is 9.05. The second kappa shape index (κ2) is 6.68. The first-order valence-corrected chi connectivity index (χ1v) is 10.9. The number of para-hydroxylation sites is 1. The third-order valence-corrected chi connectivity index (χ3v) is 8.22. The lowest BCUT2D eigenvalue weighted by molar-refractivity contribution is -0.117. The van der Waals surface area contributed by atoms with E-state index in [0.29, 0.717) is 11.4 Å². The molecule has 0 bridgehead atoms. The first-order chi connectivity index (χ1) is 13.7. The number of carbonyl (C=O) groups excluding carboxylic acids is 1. The van der Waals surface area contributed by atoms with Crippen molar-refractivity contribution in [1.29, 1.82) is 0 Å². The zero-order valence-electron chi connectivity index (χ0n) is 15.3. The van der Waals surface area contributed by atoms with Crippen LogP contribution in [-0.4, -0.2) is 16.5 Å². The third-order valence-electron chi connectivity index (χ3n) is 6.11. The molecule has 2 saturated heterocycles. The summed E-state index contributed by atoms with van der Waals surface area (Å²) in [5.41, 5.74) is 3.07. The van der Waals surface area contributed by atoms with E-state index < -0.39 is 0 Å². The monoisotopic (exact) mass is 405 g/mol. The maximum atomic E-state index is 13.1. The Hall–Kier alpha value is -2.23. The van der Waals surface area contributed by atoms with Crippen molar-refractivity contribution in [2.24, 2.45) is 0 Å². The number of benzene rings is 3. The van der Waals surface area contributed by atoms with Crippen molar-refractivity contribution in [3.63, 3.8) is 0 Å². The van der Waals surface area contributed by atoms with E-state index in [4.69, 9.17) is 11.6 Å². The van der Waals surface area contributed by atoms with Crippen molar-refractivity contribution in [1.82, 2.24) is 0 Å². The molecule has 0 aromatic heterocycles. The molecule has 2 aliphatic rings. The van der Waals surface area contributed by atoms with Crippen LogP contribution < -0.4 is 4.90 Å². The number of rotatable bonds is 3. The quantitative estimate of drug-likeness (QED) is 0.541. The summed E-state index contributed by atoms with van der Waals surface area (Å²) >= 11 is 8.43. The Balaban J connectivity index is 1.76. The number of nitrogens with zero attached hydrogens (tertiary/aromatic N) is 1. The molecule has 4 heteroatoms. The molecular formula is C24H20ClNOS. The van der Waals surface area contributed by atoms with E-state index in [1.165, 1.54) is 11.1 Å². The summed E-state index contributed by atoms with van der Waals surface area (Å²) in [5, 5.41) is 0.625. The molecule has 2 aliphatic heterocycles. The zero-order valence-corrected chi connectivity index (χ0v) is 16.9. The van der Waals surface area contributed by atoms with E-state index in [2.05, 4.69) is 48.5 Å². The minimum Gasteiger partial charge on any atom is -0.294 e. The van der Waals surface area contributed by atoms with Gasteiger partial charge in [0.05, 0.1) is 16.1 Å². The minimum absolute atomic E-state index is 0.150. The number of thioether (sulfide) groups is 1. The van der Waals surface area contributed by atoms with E-state index in [0.717, 1.165) is 17.9 Å². The molecule has 2 fully saturated rings. The molecule has 2 nitrogen and oxygen atoms in total. The summed E-state index contributed by atoms with van der Waals surface area (Å²) in [4.78, 5) is 14.8. The smallest absolute Gasteiger partial charge is 0.228 e. The lowest BCUT2D eigenvalue weighted by Crippen LogP contribution is -2.67. The molecule has 0 N–H and O–H groups in total. The van der Waals surface area contributed by atoms with Crippen molar-refractivity contribution in [3.8, 4) is 0 Å². The number of hydrogen-bond acceptors (Lipinski definition) is 2. The van der Waals surface area contributed by atoms with Gasteiger partial charge in [-0.1, -0.05) is 84.4 Å². The van der Waals surface area contributed by atoms with Crippen LogP contribution in [0.3, 0.4) is 0 Å². The van der Waals surface area contributed by atoms with Gasteiger partial charge in [-0.2, -0.15) is 0 Å². The van der Waals surface area contributed by atoms with Crippen molar-refractivity contribution < 1.29 is 4.79 Å². The molecular weight excluding hydrogens is 386 g/mol. The molecule has 1 unspecified atom stereocenters. The summed E-state index contributed by atoms with van der Waals surface area (Å²) in [6, 6.07) is 28.9. The molecule has 0 saturated carbocycles. The Morgan fingerprint density at radius 1 is 0.821 bits per heavy atom. The average Bonchev–Trinajstić information content (AvgIpc) is 3.09. The van der Waals surface area contributed by atoms with Gasteiger partial charge in [0.1, 0.15) is 4.87 Å². The highest BCUT2D eigenvalue weighted by Crippen LogP contribution is 2.66. The fourth-order valence-corrected chi connectivity index (χ4v) is 6.95. The average molecular weight is 406 g/mol. The van der Waals surface area contributed by atoms with Crippen LogP contribution in [0.15, 0.2) is 84.9 Å². The van der Waals surface area contributed by atoms with Crippen molar-refractivity contribution in [3.05, 3.63) is 101 Å². The second-order valence-electron chi connectivity index (χ2n) is 7.39. The number of halogens is 1. The Morgan fingerprint density at radius 2 is 1.39 bits per heavy atom. The van der Waals surface area contributed by atoms with Gasteiger partial charge < -0.3 is 0 Å². The predicted octanol–water partition coefficient (Wildman–Crippen LogP) is 5.90. The van der Waals surface area contributed by atoms with Crippen LogP contribution in [0, 0.1) is 0 Å². The number of hydrogen-bond donors (Lipinski definition) is 0. The Bertz CT molecular complexity index is 984. The highest BCUT2D eigenvalue weighted by atomic mass is 35.5. The van der Waals surface area contributed by atoms with Crippen molar-refractivity contribution >= 4 is 35.0 Å². The summed E-state index contributed by atoms with van der Waals surface area (Å²) in [6.07, 6.45) is 1.35. The zero-order chi connectivity index (χ0) is 19.2. The van der Waals surface area contributed by atoms with Crippen molar-refractivity contribution in [2.45, 2.75) is 23.1 Å². The summed E-state index contributed by atoms with van der Waals surface area (Å²) in [6.45, 7) is 0. The van der Waals surface area contributed by atoms with Crippen LogP contribution in [0.25, 0.3) is 0 Å². The molecule has 0 radical (unpaired) electrons. The van der Waals surface area contributed by atoms with Gasteiger partial charge in [0, 0.05) is 12.2 Å². The molecule has 0 aliphatic carbocycles. The first kappa shape index (κ1) is 17.8. The number of amides is 1.